The number of primary amides is 1. The maximum Gasteiger partial charge on any atom is 0.346 e. The van der Waals surface area contributed by atoms with E-state index in [0.29, 0.717) is 5.56 Å². The lowest BCUT2D eigenvalue weighted by Gasteiger charge is -1.97. The minimum Gasteiger partial charge on any atom is -0.477 e. The molecule has 0 aromatic heterocycles. The second-order valence-electron chi connectivity index (χ2n) is 2.96. The number of hydrogen-bond donors (Lipinski definition) is 2. The summed E-state index contributed by atoms with van der Waals surface area (Å²) >= 11 is 0. The Hall–Kier alpha value is -2.61. The van der Waals surface area contributed by atoms with Crippen LogP contribution in [0.15, 0.2) is 29.8 Å². The highest BCUT2D eigenvalue weighted by Crippen LogP contribution is 2.09. The average Bonchev–Trinajstić information content (AvgIpc) is 2.25. The van der Waals surface area contributed by atoms with Gasteiger partial charge in [-0.05, 0) is 23.8 Å². The Morgan fingerprint density at radius 2 is 2.12 bits per heavy atom. The van der Waals surface area contributed by atoms with Crippen LogP contribution < -0.4 is 5.73 Å². The Morgan fingerprint density at radius 3 is 2.62 bits per heavy atom. The van der Waals surface area contributed by atoms with Crippen LogP contribution in [0.4, 0.5) is 0 Å². The van der Waals surface area contributed by atoms with E-state index in [2.05, 4.69) is 0 Å². The van der Waals surface area contributed by atoms with Gasteiger partial charge in [-0.1, -0.05) is 12.1 Å². The number of carboxylic acid groups (broad SMARTS) is 1. The van der Waals surface area contributed by atoms with E-state index in [-0.39, 0.29) is 5.56 Å². The van der Waals surface area contributed by atoms with E-state index in [9.17, 15) is 9.59 Å². The molecule has 5 heteroatoms. The van der Waals surface area contributed by atoms with E-state index < -0.39 is 17.4 Å². The Balaban J connectivity index is 3.16. The van der Waals surface area contributed by atoms with Crippen molar-refractivity contribution in [3.05, 3.63) is 41.0 Å². The highest BCUT2D eigenvalue weighted by molar-refractivity contribution is 5.97. The summed E-state index contributed by atoms with van der Waals surface area (Å²) in [6, 6.07) is 7.60. The molecule has 1 amide bonds. The van der Waals surface area contributed by atoms with Crippen molar-refractivity contribution in [3.63, 3.8) is 0 Å². The van der Waals surface area contributed by atoms with Gasteiger partial charge in [-0.15, -0.1) is 0 Å². The normalized spacial score (nSPS) is 10.6. The smallest absolute Gasteiger partial charge is 0.346 e. The first-order valence-electron chi connectivity index (χ1n) is 4.29. The summed E-state index contributed by atoms with van der Waals surface area (Å²) in [4.78, 5) is 21.4. The SMILES string of the molecule is N#C/C(=C\c1cccc(C(N)=O)c1)C(=O)O. The van der Waals surface area contributed by atoms with Crippen LogP contribution in [0.2, 0.25) is 0 Å². The molecule has 0 fully saturated rings. The molecule has 3 N–H and O–H groups in total. The molecule has 80 valence electrons. The quantitative estimate of drug-likeness (QED) is 0.575. The molecule has 1 aromatic rings. The molecule has 1 rings (SSSR count). The zero-order valence-electron chi connectivity index (χ0n) is 8.18. The number of nitrogens with two attached hydrogens (primary N) is 1. The summed E-state index contributed by atoms with van der Waals surface area (Å²) in [5.41, 5.74) is 5.36. The molecule has 0 unspecified atom stereocenters. The molecule has 5 nitrogen and oxygen atoms in total. The molecule has 0 spiro atoms. The molecule has 0 bridgehead atoms. The number of benzene rings is 1. The molecule has 0 saturated carbocycles. The van der Waals surface area contributed by atoms with Crippen molar-refractivity contribution in [3.8, 4) is 6.07 Å². The summed E-state index contributed by atoms with van der Waals surface area (Å²) in [7, 11) is 0. The van der Waals surface area contributed by atoms with Crippen LogP contribution in [0, 0.1) is 11.3 Å². The van der Waals surface area contributed by atoms with Gasteiger partial charge in [0.2, 0.25) is 5.91 Å². The largest absolute Gasteiger partial charge is 0.477 e. The number of carbonyl (C=O) groups excluding carboxylic acids is 1. The molecule has 0 atom stereocenters. The molecule has 0 aliphatic heterocycles. The van der Waals surface area contributed by atoms with Gasteiger partial charge in [-0.25, -0.2) is 4.79 Å². The van der Waals surface area contributed by atoms with Gasteiger partial charge in [-0.3, -0.25) is 4.79 Å². The fraction of sp³-hybridized carbons (Fsp3) is 0. The highest BCUT2D eigenvalue weighted by atomic mass is 16.4. The van der Waals surface area contributed by atoms with Gasteiger partial charge < -0.3 is 10.8 Å². The second kappa shape index (κ2) is 4.75. The van der Waals surface area contributed by atoms with Crippen molar-refractivity contribution in [1.29, 1.82) is 5.26 Å². The number of amides is 1. The number of nitriles is 1. The fourth-order valence-electron chi connectivity index (χ4n) is 1.09. The van der Waals surface area contributed by atoms with E-state index >= 15 is 0 Å². The van der Waals surface area contributed by atoms with Crippen LogP contribution in [0.1, 0.15) is 15.9 Å². The molecule has 0 saturated heterocycles. The van der Waals surface area contributed by atoms with Gasteiger partial charge in [0.25, 0.3) is 0 Å². The second-order valence-corrected chi connectivity index (χ2v) is 2.96. The zero-order valence-corrected chi connectivity index (χ0v) is 8.18. The van der Waals surface area contributed by atoms with Crippen molar-refractivity contribution in [2.45, 2.75) is 0 Å². The van der Waals surface area contributed by atoms with Crippen molar-refractivity contribution < 1.29 is 14.7 Å². The summed E-state index contributed by atoms with van der Waals surface area (Å²) < 4.78 is 0. The summed E-state index contributed by atoms with van der Waals surface area (Å²) in [6.07, 6.45) is 1.18. The molecule has 0 heterocycles. The van der Waals surface area contributed by atoms with Gasteiger partial charge in [0, 0.05) is 5.56 Å². The molecular weight excluding hydrogens is 208 g/mol. The minimum atomic E-state index is -1.31. The van der Waals surface area contributed by atoms with Gasteiger partial charge in [0.15, 0.2) is 0 Å². The Morgan fingerprint density at radius 1 is 1.44 bits per heavy atom. The van der Waals surface area contributed by atoms with Crippen LogP contribution in [-0.2, 0) is 4.79 Å². The topological polar surface area (TPSA) is 104 Å². The molecule has 16 heavy (non-hydrogen) atoms. The van der Waals surface area contributed by atoms with Crippen LogP contribution in [0.25, 0.3) is 6.08 Å². The maximum absolute atomic E-state index is 10.9. The lowest BCUT2D eigenvalue weighted by atomic mass is 10.1. The predicted molar refractivity (Wildman–Crippen MR) is 56.2 cm³/mol. The molecular formula is C11H8N2O3. The number of nitrogens with zero attached hydrogens (tertiary/aromatic N) is 1. The molecule has 0 aliphatic carbocycles. The number of rotatable bonds is 3. The first kappa shape index (κ1) is 11.5. The Bertz CT molecular complexity index is 512. The lowest BCUT2D eigenvalue weighted by molar-refractivity contribution is -0.132. The van der Waals surface area contributed by atoms with Crippen LogP contribution in [-0.4, -0.2) is 17.0 Å². The first-order valence-corrected chi connectivity index (χ1v) is 4.29. The van der Waals surface area contributed by atoms with Gasteiger partial charge >= 0.3 is 5.97 Å². The molecule has 0 aliphatic rings. The number of carbonyl (C=O) groups is 2. The van der Waals surface area contributed by atoms with E-state index in [1.54, 1.807) is 18.2 Å². The molecule has 1 aromatic carbocycles. The van der Waals surface area contributed by atoms with E-state index in [1.165, 1.54) is 18.2 Å². The van der Waals surface area contributed by atoms with Crippen LogP contribution >= 0.6 is 0 Å². The summed E-state index contributed by atoms with van der Waals surface area (Å²) in [5, 5.41) is 17.2. The highest BCUT2D eigenvalue weighted by Gasteiger charge is 2.06. The number of hydrogen-bond acceptors (Lipinski definition) is 3. The first-order chi connectivity index (χ1) is 7.54. The van der Waals surface area contributed by atoms with E-state index in [0.717, 1.165) is 0 Å². The third-order valence-corrected chi connectivity index (χ3v) is 1.83. The van der Waals surface area contributed by atoms with Crippen molar-refractivity contribution in [2.75, 3.05) is 0 Å². The van der Waals surface area contributed by atoms with E-state index in [1.807, 2.05) is 0 Å². The summed E-state index contributed by atoms with van der Waals surface area (Å²) in [6.45, 7) is 0. The fourth-order valence-corrected chi connectivity index (χ4v) is 1.09. The van der Waals surface area contributed by atoms with Gasteiger partial charge in [-0.2, -0.15) is 5.26 Å². The minimum absolute atomic E-state index is 0.261. The van der Waals surface area contributed by atoms with Gasteiger partial charge in [0.1, 0.15) is 11.6 Å². The Labute approximate surface area is 91.4 Å². The third kappa shape index (κ3) is 2.69. The number of carboxylic acids is 1. The lowest BCUT2D eigenvalue weighted by Crippen LogP contribution is -2.10. The average molecular weight is 216 g/mol. The van der Waals surface area contributed by atoms with Crippen LogP contribution in [0.5, 0.6) is 0 Å². The standard InChI is InChI=1S/C11H8N2O3/c12-6-9(11(15)16)5-7-2-1-3-8(4-7)10(13)14/h1-5H,(H2,13,14)(H,15,16)/b9-5+. The van der Waals surface area contributed by atoms with Gasteiger partial charge in [0.05, 0.1) is 0 Å². The van der Waals surface area contributed by atoms with Crippen molar-refractivity contribution >= 4 is 18.0 Å². The zero-order chi connectivity index (χ0) is 12.1. The summed E-state index contributed by atoms with van der Waals surface area (Å²) in [5.74, 6) is -1.92. The van der Waals surface area contributed by atoms with Crippen molar-refractivity contribution in [1.82, 2.24) is 0 Å². The third-order valence-electron chi connectivity index (χ3n) is 1.83. The Kier molecular flexibility index (Phi) is 3.41. The number of aliphatic carboxylic acids is 1. The monoisotopic (exact) mass is 216 g/mol. The maximum atomic E-state index is 10.9. The van der Waals surface area contributed by atoms with Crippen LogP contribution in [0.3, 0.4) is 0 Å². The van der Waals surface area contributed by atoms with Crippen molar-refractivity contribution in [2.24, 2.45) is 5.73 Å². The molecule has 0 radical (unpaired) electrons. The predicted octanol–water partition coefficient (Wildman–Crippen LogP) is 0.777. The van der Waals surface area contributed by atoms with E-state index in [4.69, 9.17) is 16.1 Å².